The molecule has 0 spiro atoms. The van der Waals surface area contributed by atoms with Gasteiger partial charge >= 0.3 is 0 Å². The highest BCUT2D eigenvalue weighted by Gasteiger charge is 2.14. The minimum absolute atomic E-state index is 0.00167. The van der Waals surface area contributed by atoms with Crippen LogP contribution in [0.1, 0.15) is 17.1 Å². The van der Waals surface area contributed by atoms with E-state index in [2.05, 4.69) is 15.3 Å². The first-order valence-corrected chi connectivity index (χ1v) is 7.79. The van der Waals surface area contributed by atoms with E-state index in [1.165, 1.54) is 0 Å². The van der Waals surface area contributed by atoms with E-state index in [4.69, 9.17) is 11.6 Å². The van der Waals surface area contributed by atoms with Crippen LogP contribution in [0.25, 0.3) is 0 Å². The molecule has 0 saturated carbocycles. The Balaban J connectivity index is 1.78. The van der Waals surface area contributed by atoms with Crippen molar-refractivity contribution in [2.24, 2.45) is 0 Å². The maximum absolute atomic E-state index is 12.0. The van der Waals surface area contributed by atoms with Crippen LogP contribution in [0.3, 0.4) is 0 Å². The van der Waals surface area contributed by atoms with E-state index < -0.39 is 0 Å². The number of fused-ring (bicyclic) bond motifs is 1. The molecule has 20 heavy (non-hydrogen) atoms. The molecule has 0 aliphatic carbocycles. The monoisotopic (exact) mass is 307 g/mol. The van der Waals surface area contributed by atoms with Crippen molar-refractivity contribution in [3.8, 4) is 0 Å². The first kappa shape index (κ1) is 13.7. The van der Waals surface area contributed by atoms with Crippen molar-refractivity contribution in [2.45, 2.75) is 23.6 Å². The maximum atomic E-state index is 12.0. The SMILES string of the molecule is O=c1[nH]c(CSc2cccc(Cl)c2)nc2c1CCNC2. The molecule has 4 nitrogen and oxygen atoms in total. The van der Waals surface area contributed by atoms with Crippen molar-refractivity contribution in [3.05, 3.63) is 56.7 Å². The number of aromatic nitrogens is 2. The summed E-state index contributed by atoms with van der Waals surface area (Å²) in [5, 5.41) is 3.95. The first-order chi connectivity index (χ1) is 9.72. The third-order valence-electron chi connectivity index (χ3n) is 3.17. The van der Waals surface area contributed by atoms with Gasteiger partial charge in [-0.15, -0.1) is 11.8 Å². The summed E-state index contributed by atoms with van der Waals surface area (Å²) in [5.74, 6) is 1.34. The molecule has 0 fully saturated rings. The molecule has 0 bridgehead atoms. The van der Waals surface area contributed by atoms with Crippen LogP contribution in [-0.2, 0) is 18.7 Å². The number of hydrogen-bond donors (Lipinski definition) is 2. The van der Waals surface area contributed by atoms with Gasteiger partial charge in [0.05, 0.1) is 11.4 Å². The van der Waals surface area contributed by atoms with Crippen molar-refractivity contribution >= 4 is 23.4 Å². The normalized spacial score (nSPS) is 14.1. The van der Waals surface area contributed by atoms with Crippen molar-refractivity contribution < 1.29 is 0 Å². The summed E-state index contributed by atoms with van der Waals surface area (Å²) < 4.78 is 0. The van der Waals surface area contributed by atoms with E-state index in [9.17, 15) is 4.79 Å². The van der Waals surface area contributed by atoms with Gasteiger partial charge in [0.1, 0.15) is 5.82 Å². The molecule has 3 rings (SSSR count). The van der Waals surface area contributed by atoms with Gasteiger partial charge in [-0.05, 0) is 31.2 Å². The predicted molar refractivity (Wildman–Crippen MR) is 81.3 cm³/mol. The summed E-state index contributed by atoms with van der Waals surface area (Å²) in [6, 6.07) is 7.66. The average Bonchev–Trinajstić information content (AvgIpc) is 2.45. The Morgan fingerprint density at radius 3 is 3.15 bits per heavy atom. The van der Waals surface area contributed by atoms with Gasteiger partial charge in [0.2, 0.25) is 0 Å². The summed E-state index contributed by atoms with van der Waals surface area (Å²) in [4.78, 5) is 20.5. The molecule has 0 unspecified atom stereocenters. The van der Waals surface area contributed by atoms with Gasteiger partial charge in [-0.3, -0.25) is 4.79 Å². The molecule has 1 aromatic carbocycles. The highest BCUT2D eigenvalue weighted by atomic mass is 35.5. The average molecular weight is 308 g/mol. The van der Waals surface area contributed by atoms with Crippen LogP contribution in [0.5, 0.6) is 0 Å². The molecule has 1 aliphatic rings. The van der Waals surface area contributed by atoms with Gasteiger partial charge in [0, 0.05) is 22.0 Å². The Labute approximate surface area is 126 Å². The number of benzene rings is 1. The number of H-pyrrole nitrogens is 1. The number of thioether (sulfide) groups is 1. The van der Waals surface area contributed by atoms with Gasteiger partial charge in [0.15, 0.2) is 0 Å². The third kappa shape index (κ3) is 3.06. The second kappa shape index (κ2) is 5.99. The molecule has 2 heterocycles. The fraction of sp³-hybridized carbons (Fsp3) is 0.286. The number of halogens is 1. The smallest absolute Gasteiger partial charge is 0.254 e. The Kier molecular flexibility index (Phi) is 4.10. The summed E-state index contributed by atoms with van der Waals surface area (Å²) in [6.07, 6.45) is 0.749. The Morgan fingerprint density at radius 2 is 2.30 bits per heavy atom. The standard InChI is InChI=1S/C14H14ClN3OS/c15-9-2-1-3-10(6-9)20-8-13-17-12-7-16-5-4-11(12)14(19)18-13/h1-3,6,16H,4-5,7-8H2,(H,17,18,19). The molecule has 104 valence electrons. The van der Waals surface area contributed by atoms with Gasteiger partial charge in [-0.1, -0.05) is 17.7 Å². The van der Waals surface area contributed by atoms with E-state index in [1.54, 1.807) is 11.8 Å². The van der Waals surface area contributed by atoms with E-state index >= 15 is 0 Å². The second-order valence-electron chi connectivity index (χ2n) is 4.61. The van der Waals surface area contributed by atoms with E-state index in [0.29, 0.717) is 23.1 Å². The Hall–Kier alpha value is -1.30. The van der Waals surface area contributed by atoms with E-state index in [0.717, 1.165) is 29.1 Å². The topological polar surface area (TPSA) is 57.8 Å². The van der Waals surface area contributed by atoms with Gasteiger partial charge in [-0.25, -0.2) is 4.98 Å². The number of aromatic amines is 1. The molecule has 0 atom stereocenters. The maximum Gasteiger partial charge on any atom is 0.254 e. The van der Waals surface area contributed by atoms with Crippen LogP contribution < -0.4 is 10.9 Å². The zero-order valence-corrected chi connectivity index (χ0v) is 12.4. The molecular formula is C14H14ClN3OS. The van der Waals surface area contributed by atoms with Crippen molar-refractivity contribution in [3.63, 3.8) is 0 Å². The van der Waals surface area contributed by atoms with E-state index in [1.807, 2.05) is 24.3 Å². The highest BCUT2D eigenvalue weighted by Crippen LogP contribution is 2.24. The Morgan fingerprint density at radius 1 is 1.40 bits per heavy atom. The largest absolute Gasteiger partial charge is 0.311 e. The molecule has 1 aliphatic heterocycles. The zero-order valence-electron chi connectivity index (χ0n) is 10.8. The second-order valence-corrected chi connectivity index (χ2v) is 6.10. The van der Waals surface area contributed by atoms with Crippen LogP contribution in [0.2, 0.25) is 5.02 Å². The first-order valence-electron chi connectivity index (χ1n) is 6.42. The number of nitrogens with zero attached hydrogens (tertiary/aromatic N) is 1. The molecule has 1 aromatic heterocycles. The minimum atomic E-state index is -0.00167. The lowest BCUT2D eigenvalue weighted by atomic mass is 10.1. The zero-order chi connectivity index (χ0) is 13.9. The number of hydrogen-bond acceptors (Lipinski definition) is 4. The lowest BCUT2D eigenvalue weighted by Crippen LogP contribution is -2.31. The lowest BCUT2D eigenvalue weighted by molar-refractivity contribution is 0.614. The fourth-order valence-corrected chi connectivity index (χ4v) is 3.28. The minimum Gasteiger partial charge on any atom is -0.311 e. The quantitative estimate of drug-likeness (QED) is 0.855. The van der Waals surface area contributed by atoms with Crippen LogP contribution >= 0.6 is 23.4 Å². The van der Waals surface area contributed by atoms with Crippen molar-refractivity contribution in [1.29, 1.82) is 0 Å². The molecule has 0 saturated heterocycles. The van der Waals surface area contributed by atoms with Gasteiger partial charge in [-0.2, -0.15) is 0 Å². The molecule has 0 amide bonds. The van der Waals surface area contributed by atoms with Crippen molar-refractivity contribution in [2.75, 3.05) is 6.54 Å². The fourth-order valence-electron chi connectivity index (χ4n) is 2.20. The van der Waals surface area contributed by atoms with Crippen LogP contribution in [0, 0.1) is 0 Å². The van der Waals surface area contributed by atoms with Gasteiger partial charge in [0.25, 0.3) is 5.56 Å². The van der Waals surface area contributed by atoms with Crippen molar-refractivity contribution in [1.82, 2.24) is 15.3 Å². The van der Waals surface area contributed by atoms with E-state index in [-0.39, 0.29) is 5.56 Å². The number of nitrogens with one attached hydrogen (secondary N) is 2. The summed E-state index contributed by atoms with van der Waals surface area (Å²) in [6.45, 7) is 1.52. The highest BCUT2D eigenvalue weighted by molar-refractivity contribution is 7.98. The summed E-state index contributed by atoms with van der Waals surface area (Å²) >= 11 is 7.56. The summed E-state index contributed by atoms with van der Waals surface area (Å²) in [5.41, 5.74) is 1.69. The van der Waals surface area contributed by atoms with Gasteiger partial charge < -0.3 is 10.3 Å². The molecular weight excluding hydrogens is 294 g/mol. The molecule has 2 N–H and O–H groups in total. The molecule has 2 aromatic rings. The molecule has 6 heteroatoms. The predicted octanol–water partition coefficient (Wildman–Crippen LogP) is 2.36. The lowest BCUT2D eigenvalue weighted by Gasteiger charge is -2.15. The third-order valence-corrected chi connectivity index (χ3v) is 4.41. The summed E-state index contributed by atoms with van der Waals surface area (Å²) in [7, 11) is 0. The van der Waals surface area contributed by atoms with Crippen LogP contribution in [0.15, 0.2) is 34.0 Å². The van der Waals surface area contributed by atoms with Crippen LogP contribution in [-0.4, -0.2) is 16.5 Å². The number of rotatable bonds is 3. The Bertz CT molecular complexity index is 686. The molecule has 0 radical (unpaired) electrons. The van der Waals surface area contributed by atoms with Crippen LogP contribution in [0.4, 0.5) is 0 Å².